The SMILES string of the molecule is CC1(O)CCN(S(=O)(=O)c2ccnc(Cl)c2)CC1. The molecule has 0 unspecified atom stereocenters. The van der Waals surface area contributed by atoms with Crippen LogP contribution in [-0.4, -0.2) is 41.5 Å². The van der Waals surface area contributed by atoms with E-state index in [-0.39, 0.29) is 10.0 Å². The van der Waals surface area contributed by atoms with Crippen molar-refractivity contribution in [2.75, 3.05) is 13.1 Å². The van der Waals surface area contributed by atoms with Gasteiger partial charge in [-0.15, -0.1) is 0 Å². The molecule has 2 rings (SSSR count). The van der Waals surface area contributed by atoms with Gasteiger partial charge in [0.2, 0.25) is 10.0 Å². The fourth-order valence-electron chi connectivity index (χ4n) is 1.90. The van der Waals surface area contributed by atoms with Crippen molar-refractivity contribution in [1.29, 1.82) is 0 Å². The quantitative estimate of drug-likeness (QED) is 0.833. The van der Waals surface area contributed by atoms with Crippen LogP contribution < -0.4 is 0 Å². The van der Waals surface area contributed by atoms with Gasteiger partial charge in [0, 0.05) is 19.3 Å². The summed E-state index contributed by atoms with van der Waals surface area (Å²) in [6.45, 7) is 2.35. The largest absolute Gasteiger partial charge is 0.390 e. The van der Waals surface area contributed by atoms with Gasteiger partial charge in [0.1, 0.15) is 5.15 Å². The van der Waals surface area contributed by atoms with Crippen LogP contribution in [0.15, 0.2) is 23.2 Å². The van der Waals surface area contributed by atoms with Crippen LogP contribution >= 0.6 is 11.6 Å². The molecule has 2 heterocycles. The Kier molecular flexibility index (Phi) is 3.64. The summed E-state index contributed by atoms with van der Waals surface area (Å²) in [5, 5.41) is 9.97. The number of pyridine rings is 1. The molecule has 1 aliphatic rings. The van der Waals surface area contributed by atoms with Gasteiger partial charge in [0.05, 0.1) is 10.5 Å². The zero-order chi connectivity index (χ0) is 13.4. The minimum Gasteiger partial charge on any atom is -0.390 e. The number of hydrogen-bond acceptors (Lipinski definition) is 4. The lowest BCUT2D eigenvalue weighted by molar-refractivity contribution is 0.0126. The highest BCUT2D eigenvalue weighted by Crippen LogP contribution is 2.26. The molecule has 0 aromatic carbocycles. The maximum atomic E-state index is 12.3. The molecule has 1 aromatic heterocycles. The third kappa shape index (κ3) is 2.83. The summed E-state index contributed by atoms with van der Waals surface area (Å²) in [4.78, 5) is 3.91. The van der Waals surface area contributed by atoms with Gasteiger partial charge in [0.25, 0.3) is 0 Å². The summed E-state index contributed by atoms with van der Waals surface area (Å²) in [5.74, 6) is 0. The average molecular weight is 291 g/mol. The lowest BCUT2D eigenvalue weighted by atomic mass is 9.95. The second-order valence-corrected chi connectivity index (χ2v) is 7.04. The zero-order valence-electron chi connectivity index (χ0n) is 10.0. The Bertz CT molecular complexity index is 535. The summed E-state index contributed by atoms with van der Waals surface area (Å²) in [6.07, 6.45) is 2.24. The van der Waals surface area contributed by atoms with Crippen LogP contribution in [-0.2, 0) is 10.0 Å². The van der Waals surface area contributed by atoms with Crippen molar-refractivity contribution < 1.29 is 13.5 Å². The standard InChI is InChI=1S/C11H15ClN2O3S/c1-11(15)3-6-14(7-4-11)18(16,17)9-2-5-13-10(12)8-9/h2,5,8,15H,3-4,6-7H2,1H3. The number of rotatable bonds is 2. The van der Waals surface area contributed by atoms with E-state index >= 15 is 0 Å². The van der Waals surface area contributed by atoms with Gasteiger partial charge < -0.3 is 5.11 Å². The molecular weight excluding hydrogens is 276 g/mol. The van der Waals surface area contributed by atoms with E-state index in [0.29, 0.717) is 25.9 Å². The van der Waals surface area contributed by atoms with Gasteiger partial charge in [-0.1, -0.05) is 11.6 Å². The second kappa shape index (κ2) is 4.77. The molecule has 1 aliphatic heterocycles. The molecule has 1 aromatic rings. The Morgan fingerprint density at radius 1 is 1.44 bits per heavy atom. The summed E-state index contributed by atoms with van der Waals surface area (Å²) in [5.41, 5.74) is -0.776. The Balaban J connectivity index is 2.23. The van der Waals surface area contributed by atoms with E-state index in [0.717, 1.165) is 0 Å². The first kappa shape index (κ1) is 13.7. The van der Waals surface area contributed by atoms with Crippen molar-refractivity contribution in [2.24, 2.45) is 0 Å². The number of aliphatic hydroxyl groups is 1. The van der Waals surface area contributed by atoms with Gasteiger partial charge in [-0.3, -0.25) is 0 Å². The zero-order valence-corrected chi connectivity index (χ0v) is 11.6. The molecule has 100 valence electrons. The molecule has 0 bridgehead atoms. The molecule has 0 saturated carbocycles. The van der Waals surface area contributed by atoms with E-state index < -0.39 is 15.6 Å². The first-order valence-electron chi connectivity index (χ1n) is 5.65. The minimum absolute atomic E-state index is 0.143. The van der Waals surface area contributed by atoms with E-state index in [4.69, 9.17) is 11.6 Å². The van der Waals surface area contributed by atoms with Crippen LogP contribution in [0.25, 0.3) is 0 Å². The number of halogens is 1. The van der Waals surface area contributed by atoms with Crippen molar-refractivity contribution in [2.45, 2.75) is 30.3 Å². The van der Waals surface area contributed by atoms with Crippen LogP contribution in [0.5, 0.6) is 0 Å². The number of piperidine rings is 1. The monoisotopic (exact) mass is 290 g/mol. The molecule has 0 atom stereocenters. The summed E-state index contributed by atoms with van der Waals surface area (Å²) in [6, 6.07) is 2.76. The molecule has 0 aliphatic carbocycles. The highest BCUT2D eigenvalue weighted by Gasteiger charge is 2.34. The normalized spacial score (nSPS) is 20.8. The third-order valence-electron chi connectivity index (χ3n) is 3.14. The number of nitrogens with zero attached hydrogens (tertiary/aromatic N) is 2. The first-order valence-corrected chi connectivity index (χ1v) is 7.47. The first-order chi connectivity index (χ1) is 8.31. The molecular formula is C11H15ClN2O3S. The highest BCUT2D eigenvalue weighted by molar-refractivity contribution is 7.89. The summed E-state index contributed by atoms with van der Waals surface area (Å²) >= 11 is 5.70. The topological polar surface area (TPSA) is 70.5 Å². The number of hydrogen-bond donors (Lipinski definition) is 1. The average Bonchev–Trinajstić information content (AvgIpc) is 2.28. The van der Waals surface area contributed by atoms with Gasteiger partial charge in [-0.2, -0.15) is 4.31 Å². The van der Waals surface area contributed by atoms with Gasteiger partial charge in [-0.25, -0.2) is 13.4 Å². The van der Waals surface area contributed by atoms with Gasteiger partial charge in [-0.05, 0) is 31.9 Å². The molecule has 7 heteroatoms. The smallest absolute Gasteiger partial charge is 0.243 e. The van der Waals surface area contributed by atoms with Crippen molar-refractivity contribution in [3.8, 4) is 0 Å². The van der Waals surface area contributed by atoms with Gasteiger partial charge in [0.15, 0.2) is 0 Å². The molecule has 1 N–H and O–H groups in total. The summed E-state index contributed by atoms with van der Waals surface area (Å²) in [7, 11) is -3.54. The van der Waals surface area contributed by atoms with E-state index in [2.05, 4.69) is 4.98 Å². The minimum atomic E-state index is -3.54. The van der Waals surface area contributed by atoms with E-state index in [9.17, 15) is 13.5 Å². The summed E-state index contributed by atoms with van der Waals surface area (Å²) < 4.78 is 26.0. The fraction of sp³-hybridized carbons (Fsp3) is 0.545. The molecule has 18 heavy (non-hydrogen) atoms. The Morgan fingerprint density at radius 2 is 2.06 bits per heavy atom. The molecule has 1 saturated heterocycles. The van der Waals surface area contributed by atoms with E-state index in [1.807, 2.05) is 0 Å². The van der Waals surface area contributed by atoms with Crippen LogP contribution in [0.4, 0.5) is 0 Å². The molecule has 0 spiro atoms. The van der Waals surface area contributed by atoms with Crippen molar-refractivity contribution >= 4 is 21.6 Å². The van der Waals surface area contributed by atoms with Crippen LogP contribution in [0.1, 0.15) is 19.8 Å². The second-order valence-electron chi connectivity index (χ2n) is 4.72. The van der Waals surface area contributed by atoms with Crippen LogP contribution in [0.2, 0.25) is 5.15 Å². The Hall–Kier alpha value is -0.690. The molecule has 1 fully saturated rings. The van der Waals surface area contributed by atoms with E-state index in [1.165, 1.54) is 22.6 Å². The maximum Gasteiger partial charge on any atom is 0.243 e. The Morgan fingerprint density at radius 3 is 2.61 bits per heavy atom. The van der Waals surface area contributed by atoms with Crippen LogP contribution in [0, 0.1) is 0 Å². The van der Waals surface area contributed by atoms with Crippen molar-refractivity contribution in [3.63, 3.8) is 0 Å². The predicted molar refractivity (Wildman–Crippen MR) is 67.9 cm³/mol. The molecule has 0 amide bonds. The lowest BCUT2D eigenvalue weighted by Gasteiger charge is -2.34. The van der Waals surface area contributed by atoms with Crippen LogP contribution in [0.3, 0.4) is 0 Å². The molecule has 0 radical (unpaired) electrons. The third-order valence-corrected chi connectivity index (χ3v) is 5.24. The lowest BCUT2D eigenvalue weighted by Crippen LogP contribution is -2.45. The van der Waals surface area contributed by atoms with Crippen molar-refractivity contribution in [3.05, 3.63) is 23.5 Å². The molecule has 5 nitrogen and oxygen atoms in total. The van der Waals surface area contributed by atoms with Gasteiger partial charge >= 0.3 is 0 Å². The highest BCUT2D eigenvalue weighted by atomic mass is 35.5. The fourth-order valence-corrected chi connectivity index (χ4v) is 3.60. The maximum absolute atomic E-state index is 12.3. The number of aromatic nitrogens is 1. The number of sulfonamides is 1. The van der Waals surface area contributed by atoms with Crippen molar-refractivity contribution in [1.82, 2.24) is 9.29 Å². The Labute approximate surface area is 111 Å². The predicted octanol–water partition coefficient (Wildman–Crippen LogP) is 1.27. The van der Waals surface area contributed by atoms with E-state index in [1.54, 1.807) is 6.92 Å².